The fourth-order valence-corrected chi connectivity index (χ4v) is 1.85. The third-order valence-corrected chi connectivity index (χ3v) is 2.84. The maximum Gasteiger partial charge on any atom is 0.277 e. The Labute approximate surface area is 78.6 Å². The molecular weight excluding hydrogens is 192 g/mol. The molecule has 0 saturated carbocycles. The minimum atomic E-state index is -3.56. The van der Waals surface area contributed by atoms with Gasteiger partial charge in [0.1, 0.15) is 5.84 Å². The van der Waals surface area contributed by atoms with Crippen LogP contribution in [0.25, 0.3) is 0 Å². The highest BCUT2D eigenvalue weighted by molar-refractivity contribution is 7.87. The molecule has 0 spiro atoms. The predicted octanol–water partition coefficient (Wildman–Crippen LogP) is -0.855. The summed E-state index contributed by atoms with van der Waals surface area (Å²) in [5.41, 5.74) is 4.15. The highest BCUT2D eigenvalue weighted by Crippen LogP contribution is 2.01. The molecule has 0 aliphatic rings. The molecule has 13 heavy (non-hydrogen) atoms. The van der Waals surface area contributed by atoms with Crippen molar-refractivity contribution in [2.45, 2.75) is 26.3 Å². The molecule has 0 fully saturated rings. The number of amidine groups is 1. The third kappa shape index (κ3) is 4.20. The summed E-state index contributed by atoms with van der Waals surface area (Å²) in [7, 11) is -3.56. The van der Waals surface area contributed by atoms with E-state index >= 15 is 0 Å². The Hall–Kier alpha value is -0.660. The first-order valence-corrected chi connectivity index (χ1v) is 5.32. The molecule has 78 valence electrons. The summed E-state index contributed by atoms with van der Waals surface area (Å²) in [4.78, 5) is 0. The van der Waals surface area contributed by atoms with Crippen molar-refractivity contribution in [1.29, 1.82) is 5.41 Å². The van der Waals surface area contributed by atoms with Crippen LogP contribution in [0, 0.1) is 5.41 Å². The summed E-state index contributed by atoms with van der Waals surface area (Å²) < 4.78 is 26.8. The predicted molar refractivity (Wildman–Crippen MR) is 51.7 cm³/mol. The molecule has 6 nitrogen and oxygen atoms in total. The van der Waals surface area contributed by atoms with Gasteiger partial charge in [0.15, 0.2) is 0 Å². The Balaban J connectivity index is 4.53. The largest absolute Gasteiger partial charge is 0.386 e. The van der Waals surface area contributed by atoms with E-state index in [0.29, 0.717) is 6.54 Å². The Morgan fingerprint density at radius 2 is 2.00 bits per heavy atom. The van der Waals surface area contributed by atoms with Crippen molar-refractivity contribution in [1.82, 2.24) is 9.44 Å². The lowest BCUT2D eigenvalue weighted by atomic mass is 10.1. The van der Waals surface area contributed by atoms with Crippen molar-refractivity contribution in [2.24, 2.45) is 5.73 Å². The van der Waals surface area contributed by atoms with E-state index in [9.17, 15) is 8.42 Å². The quantitative estimate of drug-likeness (QED) is 0.349. The molecule has 0 aromatic heterocycles. The monoisotopic (exact) mass is 208 g/mol. The van der Waals surface area contributed by atoms with Gasteiger partial charge in [0.05, 0.1) is 5.54 Å². The van der Waals surface area contributed by atoms with Crippen molar-refractivity contribution in [2.75, 3.05) is 6.54 Å². The second-order valence-electron chi connectivity index (χ2n) is 3.14. The van der Waals surface area contributed by atoms with Crippen LogP contribution in [0.3, 0.4) is 0 Å². The maximum atomic E-state index is 11.2. The van der Waals surface area contributed by atoms with Gasteiger partial charge < -0.3 is 5.73 Å². The highest BCUT2D eigenvalue weighted by atomic mass is 32.2. The zero-order valence-electron chi connectivity index (χ0n) is 8.01. The molecule has 7 heteroatoms. The van der Waals surface area contributed by atoms with Crippen LogP contribution >= 0.6 is 0 Å². The molecule has 0 atom stereocenters. The fourth-order valence-electron chi connectivity index (χ4n) is 0.617. The zero-order chi connectivity index (χ0) is 10.7. The Bertz CT molecular complexity index is 283. The Morgan fingerprint density at radius 1 is 1.54 bits per heavy atom. The first-order chi connectivity index (χ1) is 5.71. The number of nitrogens with two attached hydrogens (primary N) is 1. The number of rotatable bonds is 5. The smallest absolute Gasteiger partial charge is 0.277 e. The molecule has 0 unspecified atom stereocenters. The average molecular weight is 208 g/mol. The van der Waals surface area contributed by atoms with Gasteiger partial charge in [-0.25, -0.2) is 4.72 Å². The van der Waals surface area contributed by atoms with Gasteiger partial charge in [-0.05, 0) is 13.8 Å². The van der Waals surface area contributed by atoms with E-state index < -0.39 is 15.7 Å². The van der Waals surface area contributed by atoms with E-state index in [-0.39, 0.29) is 5.84 Å². The van der Waals surface area contributed by atoms with Gasteiger partial charge in [0.2, 0.25) is 0 Å². The first kappa shape index (κ1) is 12.3. The summed E-state index contributed by atoms with van der Waals surface area (Å²) in [6.45, 7) is 5.00. The van der Waals surface area contributed by atoms with Crippen LogP contribution in [-0.4, -0.2) is 26.3 Å². The number of hydrogen-bond donors (Lipinski definition) is 4. The van der Waals surface area contributed by atoms with Gasteiger partial charge in [0.25, 0.3) is 10.2 Å². The number of nitrogens with one attached hydrogen (secondary N) is 3. The molecular formula is C6H16N4O2S. The standard InChI is InChI=1S/C6H16N4O2S/c1-4-9-13(11,12)10-6(2,3)5(7)8/h9-10H,4H2,1-3H3,(H3,7,8). The lowest BCUT2D eigenvalue weighted by molar-refractivity contribution is 0.531. The highest BCUT2D eigenvalue weighted by Gasteiger charge is 2.26. The summed E-state index contributed by atoms with van der Waals surface area (Å²) in [5, 5.41) is 7.13. The number of hydrogen-bond acceptors (Lipinski definition) is 3. The van der Waals surface area contributed by atoms with Crippen LogP contribution in [-0.2, 0) is 10.2 Å². The molecule has 0 rings (SSSR count). The minimum absolute atomic E-state index is 0.228. The van der Waals surface area contributed by atoms with Crippen molar-refractivity contribution in [3.05, 3.63) is 0 Å². The van der Waals surface area contributed by atoms with Crippen molar-refractivity contribution >= 4 is 16.0 Å². The Kier molecular flexibility index (Phi) is 3.83. The van der Waals surface area contributed by atoms with Gasteiger partial charge in [-0.15, -0.1) is 0 Å². The first-order valence-electron chi connectivity index (χ1n) is 3.84. The molecule has 0 aliphatic carbocycles. The summed E-state index contributed by atoms with van der Waals surface area (Å²) in [6.07, 6.45) is 0. The molecule has 5 N–H and O–H groups in total. The molecule has 0 aromatic carbocycles. The van der Waals surface area contributed by atoms with Crippen LogP contribution < -0.4 is 15.2 Å². The lowest BCUT2D eigenvalue weighted by Gasteiger charge is -2.24. The van der Waals surface area contributed by atoms with Crippen LogP contribution in [0.1, 0.15) is 20.8 Å². The molecule has 0 amide bonds. The second kappa shape index (κ2) is 4.03. The molecule has 0 radical (unpaired) electrons. The topological polar surface area (TPSA) is 108 Å². The molecule has 0 bridgehead atoms. The lowest BCUT2D eigenvalue weighted by Crippen LogP contribution is -2.55. The van der Waals surface area contributed by atoms with Gasteiger partial charge in [-0.3, -0.25) is 5.41 Å². The molecule has 0 saturated heterocycles. The zero-order valence-corrected chi connectivity index (χ0v) is 8.83. The van der Waals surface area contributed by atoms with Crippen LogP contribution in [0.4, 0.5) is 0 Å². The van der Waals surface area contributed by atoms with Crippen LogP contribution in [0.2, 0.25) is 0 Å². The minimum Gasteiger partial charge on any atom is -0.386 e. The second-order valence-corrected chi connectivity index (χ2v) is 4.64. The summed E-state index contributed by atoms with van der Waals surface area (Å²) in [5.74, 6) is -0.228. The van der Waals surface area contributed by atoms with Crippen molar-refractivity contribution < 1.29 is 8.42 Å². The van der Waals surface area contributed by atoms with Gasteiger partial charge in [-0.2, -0.15) is 13.1 Å². The molecule has 0 aromatic rings. The van der Waals surface area contributed by atoms with Crippen molar-refractivity contribution in [3.63, 3.8) is 0 Å². The van der Waals surface area contributed by atoms with E-state index in [4.69, 9.17) is 11.1 Å². The van der Waals surface area contributed by atoms with E-state index in [2.05, 4.69) is 9.44 Å². The maximum absolute atomic E-state index is 11.2. The summed E-state index contributed by atoms with van der Waals surface area (Å²) >= 11 is 0. The Morgan fingerprint density at radius 3 is 2.31 bits per heavy atom. The van der Waals surface area contributed by atoms with E-state index in [1.165, 1.54) is 13.8 Å². The molecule has 0 heterocycles. The normalized spacial score (nSPS) is 12.8. The van der Waals surface area contributed by atoms with E-state index in [1.54, 1.807) is 6.92 Å². The van der Waals surface area contributed by atoms with Gasteiger partial charge >= 0.3 is 0 Å². The van der Waals surface area contributed by atoms with Crippen LogP contribution in [0.15, 0.2) is 0 Å². The van der Waals surface area contributed by atoms with Crippen LogP contribution in [0.5, 0.6) is 0 Å². The third-order valence-electron chi connectivity index (χ3n) is 1.40. The SMILES string of the molecule is CCNS(=O)(=O)NC(C)(C)C(=N)N. The average Bonchev–Trinajstić information content (AvgIpc) is 1.83. The van der Waals surface area contributed by atoms with E-state index in [0.717, 1.165) is 0 Å². The van der Waals surface area contributed by atoms with Gasteiger partial charge in [0, 0.05) is 6.54 Å². The molecule has 0 aliphatic heterocycles. The van der Waals surface area contributed by atoms with Gasteiger partial charge in [-0.1, -0.05) is 6.92 Å². The summed E-state index contributed by atoms with van der Waals surface area (Å²) in [6, 6.07) is 0. The fraction of sp³-hybridized carbons (Fsp3) is 0.833. The van der Waals surface area contributed by atoms with Crippen molar-refractivity contribution in [3.8, 4) is 0 Å². The van der Waals surface area contributed by atoms with E-state index in [1.807, 2.05) is 0 Å².